The Labute approximate surface area is 116 Å². The second-order valence-corrected chi connectivity index (χ2v) is 5.46. The van der Waals surface area contributed by atoms with E-state index in [-0.39, 0.29) is 12.6 Å². The molecule has 106 valence electrons. The van der Waals surface area contributed by atoms with Crippen molar-refractivity contribution in [2.24, 2.45) is 5.73 Å². The van der Waals surface area contributed by atoms with Crippen molar-refractivity contribution in [1.82, 2.24) is 0 Å². The highest BCUT2D eigenvalue weighted by Gasteiger charge is 2.22. The number of nitrogens with zero attached hydrogens (tertiary/aromatic N) is 1. The maximum absolute atomic E-state index is 9.28. The fourth-order valence-electron chi connectivity index (χ4n) is 2.99. The largest absolute Gasteiger partial charge is 0.395 e. The van der Waals surface area contributed by atoms with Crippen molar-refractivity contribution in [1.29, 1.82) is 0 Å². The Morgan fingerprint density at radius 1 is 1.26 bits per heavy atom. The smallest absolute Gasteiger partial charge is 0.0606 e. The number of rotatable bonds is 6. The normalized spacial score (nSPS) is 17.6. The summed E-state index contributed by atoms with van der Waals surface area (Å²) in [5, 5.41) is 9.28. The number of aliphatic hydroxyl groups is 1. The minimum absolute atomic E-state index is 0.131. The summed E-state index contributed by atoms with van der Waals surface area (Å²) in [6, 6.07) is 9.29. The third-order valence-corrected chi connectivity index (χ3v) is 4.20. The van der Waals surface area contributed by atoms with Gasteiger partial charge in [0.25, 0.3) is 0 Å². The van der Waals surface area contributed by atoms with Crippen LogP contribution in [0.4, 0.5) is 5.69 Å². The Kier molecular flexibility index (Phi) is 5.23. The van der Waals surface area contributed by atoms with Gasteiger partial charge in [-0.1, -0.05) is 31.9 Å². The molecule has 1 fully saturated rings. The van der Waals surface area contributed by atoms with Crippen molar-refractivity contribution in [3.05, 3.63) is 29.8 Å². The molecule has 19 heavy (non-hydrogen) atoms. The van der Waals surface area contributed by atoms with E-state index in [1.54, 1.807) is 0 Å². The first-order valence-electron chi connectivity index (χ1n) is 7.49. The average molecular weight is 262 g/mol. The molecule has 1 saturated carbocycles. The van der Waals surface area contributed by atoms with Crippen LogP contribution in [0.15, 0.2) is 24.3 Å². The predicted molar refractivity (Wildman–Crippen MR) is 80.3 cm³/mol. The highest BCUT2D eigenvalue weighted by molar-refractivity contribution is 5.49. The number of anilines is 1. The average Bonchev–Trinajstić information content (AvgIpc) is 2.98. The number of benzene rings is 1. The molecular weight excluding hydrogens is 236 g/mol. The minimum Gasteiger partial charge on any atom is -0.395 e. The topological polar surface area (TPSA) is 49.5 Å². The summed E-state index contributed by atoms with van der Waals surface area (Å²) < 4.78 is 0. The zero-order chi connectivity index (χ0) is 13.7. The first-order valence-corrected chi connectivity index (χ1v) is 7.49. The van der Waals surface area contributed by atoms with Crippen LogP contribution < -0.4 is 10.6 Å². The van der Waals surface area contributed by atoms with Crippen molar-refractivity contribution in [3.63, 3.8) is 0 Å². The van der Waals surface area contributed by atoms with Crippen molar-refractivity contribution in [3.8, 4) is 0 Å². The van der Waals surface area contributed by atoms with E-state index in [2.05, 4.69) is 36.1 Å². The van der Waals surface area contributed by atoms with Crippen LogP contribution >= 0.6 is 0 Å². The molecule has 3 nitrogen and oxygen atoms in total. The summed E-state index contributed by atoms with van der Waals surface area (Å²) in [7, 11) is 0. The Morgan fingerprint density at radius 2 is 1.89 bits per heavy atom. The summed E-state index contributed by atoms with van der Waals surface area (Å²) in [5.74, 6) is 0. The van der Waals surface area contributed by atoms with Crippen LogP contribution in [0.5, 0.6) is 0 Å². The summed E-state index contributed by atoms with van der Waals surface area (Å²) in [4.78, 5) is 2.36. The molecule has 0 aromatic heterocycles. The molecule has 1 aliphatic rings. The third-order valence-electron chi connectivity index (χ3n) is 4.20. The molecule has 0 aliphatic heterocycles. The van der Waals surface area contributed by atoms with Crippen LogP contribution in [-0.2, 0) is 0 Å². The van der Waals surface area contributed by atoms with Gasteiger partial charge in [0.1, 0.15) is 0 Å². The Bertz CT molecular complexity index is 371. The van der Waals surface area contributed by atoms with E-state index in [0.29, 0.717) is 6.04 Å². The molecule has 1 aliphatic carbocycles. The Morgan fingerprint density at radius 3 is 2.42 bits per heavy atom. The van der Waals surface area contributed by atoms with Gasteiger partial charge in [0.05, 0.1) is 6.61 Å². The molecule has 2 rings (SSSR count). The fraction of sp³-hybridized carbons (Fsp3) is 0.625. The zero-order valence-corrected chi connectivity index (χ0v) is 11.9. The van der Waals surface area contributed by atoms with Crippen LogP contribution in [0.3, 0.4) is 0 Å². The summed E-state index contributed by atoms with van der Waals surface area (Å²) in [6.45, 7) is 3.05. The SMILES string of the molecule is CCC(N)c1ccc(N(CCO)C2CCCC2)cc1. The monoisotopic (exact) mass is 262 g/mol. The van der Waals surface area contributed by atoms with E-state index in [1.807, 2.05) is 0 Å². The van der Waals surface area contributed by atoms with Crippen molar-refractivity contribution in [2.45, 2.75) is 51.1 Å². The van der Waals surface area contributed by atoms with E-state index < -0.39 is 0 Å². The molecule has 3 heteroatoms. The van der Waals surface area contributed by atoms with E-state index in [4.69, 9.17) is 5.73 Å². The van der Waals surface area contributed by atoms with Crippen LogP contribution in [0.2, 0.25) is 0 Å². The molecule has 0 bridgehead atoms. The van der Waals surface area contributed by atoms with Gasteiger partial charge >= 0.3 is 0 Å². The van der Waals surface area contributed by atoms with E-state index in [1.165, 1.54) is 36.9 Å². The molecule has 0 amide bonds. The number of hydrogen-bond donors (Lipinski definition) is 2. The van der Waals surface area contributed by atoms with Crippen molar-refractivity contribution in [2.75, 3.05) is 18.1 Å². The highest BCUT2D eigenvalue weighted by atomic mass is 16.3. The lowest BCUT2D eigenvalue weighted by atomic mass is 10.0. The molecule has 0 heterocycles. The molecule has 1 aromatic carbocycles. The first-order chi connectivity index (χ1) is 9.26. The third kappa shape index (κ3) is 3.48. The van der Waals surface area contributed by atoms with Gasteiger partial charge in [-0.2, -0.15) is 0 Å². The molecule has 1 atom stereocenters. The summed E-state index contributed by atoms with van der Waals surface area (Å²) in [6.07, 6.45) is 6.07. The van der Waals surface area contributed by atoms with Crippen LogP contribution in [-0.4, -0.2) is 24.3 Å². The van der Waals surface area contributed by atoms with Crippen LogP contribution in [0.25, 0.3) is 0 Å². The predicted octanol–water partition coefficient (Wildman–Crippen LogP) is 2.84. The van der Waals surface area contributed by atoms with Crippen molar-refractivity contribution >= 4 is 5.69 Å². The highest BCUT2D eigenvalue weighted by Crippen LogP contribution is 2.28. The fourth-order valence-corrected chi connectivity index (χ4v) is 2.99. The van der Waals surface area contributed by atoms with Gasteiger partial charge < -0.3 is 15.7 Å². The molecule has 3 N–H and O–H groups in total. The maximum atomic E-state index is 9.28. The lowest BCUT2D eigenvalue weighted by molar-refractivity contribution is 0.297. The lowest BCUT2D eigenvalue weighted by Gasteiger charge is -2.31. The standard InChI is InChI=1S/C16H26N2O/c1-2-16(17)13-7-9-15(10-8-13)18(11-12-19)14-5-3-4-6-14/h7-10,14,16,19H,2-6,11-12,17H2,1H3. The minimum atomic E-state index is 0.131. The second kappa shape index (κ2) is 6.92. The van der Waals surface area contributed by atoms with E-state index >= 15 is 0 Å². The van der Waals surface area contributed by atoms with Gasteiger partial charge in [-0.25, -0.2) is 0 Å². The molecule has 0 saturated heterocycles. The first kappa shape index (κ1) is 14.4. The van der Waals surface area contributed by atoms with Gasteiger partial charge in [0, 0.05) is 24.3 Å². The summed E-state index contributed by atoms with van der Waals surface area (Å²) in [5.41, 5.74) is 8.46. The number of hydrogen-bond acceptors (Lipinski definition) is 3. The quantitative estimate of drug-likeness (QED) is 0.829. The number of nitrogens with two attached hydrogens (primary N) is 1. The molecule has 0 spiro atoms. The van der Waals surface area contributed by atoms with E-state index in [0.717, 1.165) is 13.0 Å². The van der Waals surface area contributed by atoms with Gasteiger partial charge in [-0.15, -0.1) is 0 Å². The van der Waals surface area contributed by atoms with E-state index in [9.17, 15) is 5.11 Å². The van der Waals surface area contributed by atoms with Gasteiger partial charge in [-0.3, -0.25) is 0 Å². The van der Waals surface area contributed by atoms with Gasteiger partial charge in [0.2, 0.25) is 0 Å². The Balaban J connectivity index is 2.12. The number of aliphatic hydroxyl groups excluding tert-OH is 1. The van der Waals surface area contributed by atoms with Crippen molar-refractivity contribution < 1.29 is 5.11 Å². The van der Waals surface area contributed by atoms with Gasteiger partial charge in [-0.05, 0) is 37.0 Å². The second-order valence-electron chi connectivity index (χ2n) is 5.46. The molecule has 1 unspecified atom stereocenters. The molecule has 1 aromatic rings. The molecular formula is C16H26N2O. The van der Waals surface area contributed by atoms with Crippen LogP contribution in [0.1, 0.15) is 50.6 Å². The lowest BCUT2D eigenvalue weighted by Crippen LogP contribution is -2.35. The zero-order valence-electron chi connectivity index (χ0n) is 11.9. The van der Waals surface area contributed by atoms with Gasteiger partial charge in [0.15, 0.2) is 0 Å². The van der Waals surface area contributed by atoms with Crippen LogP contribution in [0, 0.1) is 0 Å². The maximum Gasteiger partial charge on any atom is 0.0606 e. The molecule has 0 radical (unpaired) electrons. The summed E-state index contributed by atoms with van der Waals surface area (Å²) >= 11 is 0. The Hall–Kier alpha value is -1.06.